The molecule has 0 radical (unpaired) electrons. The molecule has 0 fully saturated rings. The Kier molecular flexibility index (Phi) is 4.60. The van der Waals surface area contributed by atoms with E-state index in [1.54, 1.807) is 30.3 Å². The van der Waals surface area contributed by atoms with E-state index in [2.05, 4.69) is 0 Å². The number of carboxylic acid groups (broad SMARTS) is 1. The lowest BCUT2D eigenvalue weighted by Crippen LogP contribution is -2.01. The number of aliphatic carboxylic acids is 1. The van der Waals surface area contributed by atoms with E-state index in [-0.39, 0.29) is 5.57 Å². The van der Waals surface area contributed by atoms with Gasteiger partial charge in [0.25, 0.3) is 0 Å². The highest BCUT2D eigenvalue weighted by molar-refractivity contribution is 6.34. The van der Waals surface area contributed by atoms with E-state index in [0.717, 1.165) is 11.4 Å². The van der Waals surface area contributed by atoms with E-state index >= 15 is 0 Å². The molecule has 0 aliphatic rings. The Morgan fingerprint density at radius 1 is 1.32 bits per heavy atom. The van der Waals surface area contributed by atoms with Gasteiger partial charge in [-0.25, -0.2) is 4.79 Å². The zero-order valence-electron chi connectivity index (χ0n) is 11.9. The van der Waals surface area contributed by atoms with Crippen molar-refractivity contribution in [2.24, 2.45) is 0 Å². The fourth-order valence-corrected chi connectivity index (χ4v) is 2.63. The number of nitriles is 1. The number of hydrogen-bond donors (Lipinski definition) is 1. The van der Waals surface area contributed by atoms with E-state index in [9.17, 15) is 4.79 Å². The minimum Gasteiger partial charge on any atom is -0.477 e. The van der Waals surface area contributed by atoms with Crippen molar-refractivity contribution in [2.75, 3.05) is 0 Å². The van der Waals surface area contributed by atoms with Crippen molar-refractivity contribution in [3.8, 4) is 11.8 Å². The third kappa shape index (κ3) is 3.01. The summed E-state index contributed by atoms with van der Waals surface area (Å²) in [7, 11) is 0. The molecule has 0 bridgehead atoms. The summed E-state index contributed by atoms with van der Waals surface area (Å²) in [6.07, 6.45) is 1.35. The first-order valence-electron chi connectivity index (χ1n) is 6.34. The zero-order valence-corrected chi connectivity index (χ0v) is 13.4. The van der Waals surface area contributed by atoms with Gasteiger partial charge in [0.1, 0.15) is 11.6 Å². The predicted octanol–water partition coefficient (Wildman–Crippen LogP) is 4.39. The van der Waals surface area contributed by atoms with Gasteiger partial charge in [-0.15, -0.1) is 0 Å². The maximum Gasteiger partial charge on any atom is 0.346 e. The SMILES string of the molecule is Cc1cc(/C=C(/C#N)C(=O)O)c(C)n1-c1cc(Cl)ccc1Cl. The first-order valence-corrected chi connectivity index (χ1v) is 7.10. The molecule has 1 N–H and O–H groups in total. The fourth-order valence-electron chi connectivity index (χ4n) is 2.26. The summed E-state index contributed by atoms with van der Waals surface area (Å²) in [5.74, 6) is -1.26. The summed E-state index contributed by atoms with van der Waals surface area (Å²) < 4.78 is 1.87. The quantitative estimate of drug-likeness (QED) is 0.668. The lowest BCUT2D eigenvalue weighted by molar-refractivity contribution is -0.132. The first-order chi connectivity index (χ1) is 10.3. The summed E-state index contributed by atoms with van der Waals surface area (Å²) in [5.41, 5.74) is 2.66. The van der Waals surface area contributed by atoms with Crippen molar-refractivity contribution >= 4 is 35.2 Å². The van der Waals surface area contributed by atoms with Crippen molar-refractivity contribution in [1.82, 2.24) is 4.57 Å². The van der Waals surface area contributed by atoms with E-state index in [4.69, 9.17) is 33.6 Å². The van der Waals surface area contributed by atoms with Gasteiger partial charge in [0.2, 0.25) is 0 Å². The average Bonchev–Trinajstić information content (AvgIpc) is 2.73. The summed E-state index contributed by atoms with van der Waals surface area (Å²) in [6.45, 7) is 3.70. The van der Waals surface area contributed by atoms with Crippen molar-refractivity contribution in [2.45, 2.75) is 13.8 Å². The normalized spacial score (nSPS) is 11.3. The van der Waals surface area contributed by atoms with Crippen LogP contribution in [0.2, 0.25) is 10.0 Å². The van der Waals surface area contributed by atoms with Crippen molar-refractivity contribution in [1.29, 1.82) is 5.26 Å². The molecule has 0 atom stereocenters. The van der Waals surface area contributed by atoms with Crippen LogP contribution in [0.25, 0.3) is 11.8 Å². The minimum absolute atomic E-state index is 0.322. The Bertz CT molecular complexity index is 829. The standard InChI is InChI=1S/C16H12Cl2N2O2/c1-9-5-11(6-12(8-19)16(21)22)10(2)20(9)15-7-13(17)3-4-14(15)18/h3-7H,1-2H3,(H,21,22)/b12-6-. The van der Waals surface area contributed by atoms with E-state index in [0.29, 0.717) is 21.3 Å². The number of aromatic nitrogens is 1. The lowest BCUT2D eigenvalue weighted by Gasteiger charge is -2.12. The molecule has 6 heteroatoms. The predicted molar refractivity (Wildman–Crippen MR) is 86.5 cm³/mol. The van der Waals surface area contributed by atoms with Crippen molar-refractivity contribution < 1.29 is 9.90 Å². The van der Waals surface area contributed by atoms with Gasteiger partial charge in [-0.1, -0.05) is 23.2 Å². The van der Waals surface area contributed by atoms with Crippen LogP contribution >= 0.6 is 23.2 Å². The Morgan fingerprint density at radius 3 is 2.59 bits per heavy atom. The molecular weight excluding hydrogens is 323 g/mol. The zero-order chi connectivity index (χ0) is 16.4. The van der Waals surface area contributed by atoms with E-state index in [1.165, 1.54) is 6.08 Å². The third-order valence-corrected chi connectivity index (χ3v) is 3.82. The molecular formula is C16H12Cl2N2O2. The molecule has 0 unspecified atom stereocenters. The molecule has 1 heterocycles. The maximum absolute atomic E-state index is 11.0. The highest BCUT2D eigenvalue weighted by Crippen LogP contribution is 2.29. The molecule has 0 spiro atoms. The first kappa shape index (κ1) is 16.2. The molecule has 1 aromatic heterocycles. The summed E-state index contributed by atoms with van der Waals surface area (Å²) >= 11 is 12.2. The molecule has 2 aromatic rings. The number of carboxylic acids is 1. The Morgan fingerprint density at radius 2 is 2.00 bits per heavy atom. The van der Waals surface area contributed by atoms with Crippen LogP contribution in [0.15, 0.2) is 29.8 Å². The van der Waals surface area contributed by atoms with Gasteiger partial charge in [0.15, 0.2) is 0 Å². The minimum atomic E-state index is -1.26. The molecule has 112 valence electrons. The number of nitrogens with zero attached hydrogens (tertiary/aromatic N) is 2. The molecule has 0 amide bonds. The molecule has 22 heavy (non-hydrogen) atoms. The van der Waals surface area contributed by atoms with Gasteiger partial charge < -0.3 is 9.67 Å². The maximum atomic E-state index is 11.0. The van der Waals surface area contributed by atoms with Gasteiger partial charge in [0.05, 0.1) is 10.7 Å². The van der Waals surface area contributed by atoms with Crippen LogP contribution < -0.4 is 0 Å². The molecule has 2 rings (SSSR count). The molecule has 0 aliphatic heterocycles. The summed E-state index contributed by atoms with van der Waals surface area (Å²) in [4.78, 5) is 11.0. The second-order valence-electron chi connectivity index (χ2n) is 4.73. The van der Waals surface area contributed by atoms with Crippen LogP contribution in [0.5, 0.6) is 0 Å². The van der Waals surface area contributed by atoms with Crippen LogP contribution in [-0.4, -0.2) is 15.6 Å². The lowest BCUT2D eigenvalue weighted by atomic mass is 10.1. The number of hydrogen-bond acceptors (Lipinski definition) is 2. The van der Waals surface area contributed by atoms with E-state index < -0.39 is 5.97 Å². The molecule has 4 nitrogen and oxygen atoms in total. The molecule has 1 aromatic carbocycles. The molecule has 0 aliphatic carbocycles. The van der Waals surface area contributed by atoms with Crippen molar-refractivity contribution in [3.63, 3.8) is 0 Å². The summed E-state index contributed by atoms with van der Waals surface area (Å²) in [5, 5.41) is 18.9. The van der Waals surface area contributed by atoms with Crippen LogP contribution in [-0.2, 0) is 4.79 Å². The molecule has 0 saturated carbocycles. The molecule has 0 saturated heterocycles. The number of benzene rings is 1. The second-order valence-corrected chi connectivity index (χ2v) is 5.58. The van der Waals surface area contributed by atoms with Gasteiger partial charge >= 0.3 is 5.97 Å². The van der Waals surface area contributed by atoms with Crippen LogP contribution in [0.3, 0.4) is 0 Å². The van der Waals surface area contributed by atoms with E-state index in [1.807, 2.05) is 18.4 Å². The van der Waals surface area contributed by atoms with Crippen LogP contribution in [0, 0.1) is 25.2 Å². The Balaban J connectivity index is 2.65. The fraction of sp³-hybridized carbons (Fsp3) is 0.125. The van der Waals surface area contributed by atoms with Gasteiger partial charge in [0, 0.05) is 16.4 Å². The average molecular weight is 335 g/mol. The highest BCUT2D eigenvalue weighted by Gasteiger charge is 2.14. The van der Waals surface area contributed by atoms with Gasteiger partial charge in [-0.3, -0.25) is 0 Å². The third-order valence-electron chi connectivity index (χ3n) is 3.27. The van der Waals surface area contributed by atoms with Crippen LogP contribution in [0.4, 0.5) is 0 Å². The van der Waals surface area contributed by atoms with Gasteiger partial charge in [-0.05, 0) is 49.8 Å². The highest BCUT2D eigenvalue weighted by atomic mass is 35.5. The Labute approximate surface area is 137 Å². The number of rotatable bonds is 3. The topological polar surface area (TPSA) is 66.0 Å². The van der Waals surface area contributed by atoms with Gasteiger partial charge in [-0.2, -0.15) is 5.26 Å². The number of carbonyl (C=O) groups is 1. The van der Waals surface area contributed by atoms with Crippen molar-refractivity contribution in [3.05, 3.63) is 56.8 Å². The smallest absolute Gasteiger partial charge is 0.346 e. The number of halogens is 2. The second kappa shape index (κ2) is 6.27. The number of aryl methyl sites for hydroxylation is 1. The summed E-state index contributed by atoms with van der Waals surface area (Å²) in [6, 6.07) is 8.60. The monoisotopic (exact) mass is 334 g/mol. The Hall–Kier alpha value is -2.22. The van der Waals surface area contributed by atoms with Crippen LogP contribution in [0.1, 0.15) is 17.0 Å². The largest absolute Gasteiger partial charge is 0.477 e.